The SMILES string of the molecule is CC(Oc1nn2c(-c3ccccc3F)nnc2cc1C1CCC1)c1ncn[nH]1. The highest BCUT2D eigenvalue weighted by atomic mass is 19.1. The lowest BCUT2D eigenvalue weighted by atomic mass is 9.80. The Labute approximate surface area is 159 Å². The van der Waals surface area contributed by atoms with Crippen LogP contribution in [0.1, 0.15) is 49.6 Å². The number of aromatic nitrogens is 7. The van der Waals surface area contributed by atoms with Crippen LogP contribution in [0.15, 0.2) is 36.7 Å². The zero-order chi connectivity index (χ0) is 19.1. The van der Waals surface area contributed by atoms with Crippen molar-refractivity contribution in [3.63, 3.8) is 0 Å². The molecule has 0 amide bonds. The summed E-state index contributed by atoms with van der Waals surface area (Å²) in [5.41, 5.74) is 1.91. The topological polar surface area (TPSA) is 93.9 Å². The van der Waals surface area contributed by atoms with Crippen LogP contribution < -0.4 is 4.74 Å². The van der Waals surface area contributed by atoms with Crippen molar-refractivity contribution < 1.29 is 9.13 Å². The summed E-state index contributed by atoms with van der Waals surface area (Å²) >= 11 is 0. The first-order chi connectivity index (χ1) is 13.7. The van der Waals surface area contributed by atoms with Gasteiger partial charge in [0.05, 0.1) is 5.56 Å². The molecule has 1 saturated carbocycles. The van der Waals surface area contributed by atoms with Crippen LogP contribution in [0.3, 0.4) is 0 Å². The summed E-state index contributed by atoms with van der Waals surface area (Å²) in [5, 5.41) is 19.7. The molecule has 0 radical (unpaired) electrons. The first kappa shape index (κ1) is 16.8. The fraction of sp³-hybridized carbons (Fsp3) is 0.316. The number of aromatic amines is 1. The minimum absolute atomic E-state index is 0.338. The van der Waals surface area contributed by atoms with Gasteiger partial charge in [0.1, 0.15) is 12.1 Å². The van der Waals surface area contributed by atoms with Crippen molar-refractivity contribution in [1.29, 1.82) is 0 Å². The Bertz CT molecular complexity index is 1120. The third-order valence-corrected chi connectivity index (χ3v) is 5.15. The third-order valence-electron chi connectivity index (χ3n) is 5.15. The van der Waals surface area contributed by atoms with Crippen molar-refractivity contribution in [3.05, 3.63) is 53.9 Å². The van der Waals surface area contributed by atoms with E-state index in [0.717, 1.165) is 18.4 Å². The van der Waals surface area contributed by atoms with Crippen molar-refractivity contribution in [2.45, 2.75) is 38.2 Å². The van der Waals surface area contributed by atoms with E-state index in [2.05, 4.69) is 30.5 Å². The highest BCUT2D eigenvalue weighted by molar-refractivity contribution is 5.60. The number of fused-ring (bicyclic) bond motifs is 1. The van der Waals surface area contributed by atoms with E-state index in [-0.39, 0.29) is 11.9 Å². The quantitative estimate of drug-likeness (QED) is 0.571. The normalized spacial score (nSPS) is 15.5. The molecule has 0 saturated heterocycles. The Morgan fingerprint density at radius 1 is 1.25 bits per heavy atom. The molecule has 28 heavy (non-hydrogen) atoms. The first-order valence-electron chi connectivity index (χ1n) is 9.24. The summed E-state index contributed by atoms with van der Waals surface area (Å²) in [7, 11) is 0. The molecule has 0 spiro atoms. The summed E-state index contributed by atoms with van der Waals surface area (Å²) in [4.78, 5) is 4.15. The van der Waals surface area contributed by atoms with Crippen LogP contribution in [0.2, 0.25) is 0 Å². The van der Waals surface area contributed by atoms with Crippen molar-refractivity contribution in [2.24, 2.45) is 0 Å². The molecule has 0 bridgehead atoms. The van der Waals surface area contributed by atoms with Gasteiger partial charge in [0.15, 0.2) is 23.4 Å². The van der Waals surface area contributed by atoms with Gasteiger partial charge in [-0.1, -0.05) is 18.6 Å². The maximum atomic E-state index is 14.3. The summed E-state index contributed by atoms with van der Waals surface area (Å²) in [6.07, 6.45) is 4.42. The number of hydrogen-bond acceptors (Lipinski definition) is 6. The van der Waals surface area contributed by atoms with Crippen molar-refractivity contribution >= 4 is 5.65 Å². The molecule has 9 heteroatoms. The number of nitrogens with zero attached hydrogens (tertiary/aromatic N) is 6. The number of nitrogens with one attached hydrogen (secondary N) is 1. The fourth-order valence-corrected chi connectivity index (χ4v) is 3.38. The Balaban J connectivity index is 1.62. The van der Waals surface area contributed by atoms with Crippen molar-refractivity contribution in [2.75, 3.05) is 0 Å². The molecule has 5 rings (SSSR count). The first-order valence-corrected chi connectivity index (χ1v) is 9.24. The Hall–Kier alpha value is -3.36. The minimum atomic E-state index is -0.376. The monoisotopic (exact) mass is 379 g/mol. The molecule has 3 aromatic heterocycles. The molecule has 0 aliphatic heterocycles. The van der Waals surface area contributed by atoms with Gasteiger partial charge >= 0.3 is 0 Å². The zero-order valence-corrected chi connectivity index (χ0v) is 15.2. The second kappa shape index (κ2) is 6.66. The zero-order valence-electron chi connectivity index (χ0n) is 15.2. The number of benzene rings is 1. The van der Waals surface area contributed by atoms with Crippen LogP contribution >= 0.6 is 0 Å². The van der Waals surface area contributed by atoms with Gasteiger partial charge in [-0.3, -0.25) is 5.10 Å². The van der Waals surface area contributed by atoms with E-state index in [1.54, 1.807) is 18.2 Å². The van der Waals surface area contributed by atoms with Gasteiger partial charge in [-0.15, -0.1) is 15.3 Å². The van der Waals surface area contributed by atoms with Gasteiger partial charge in [0, 0.05) is 5.56 Å². The van der Waals surface area contributed by atoms with Gasteiger partial charge in [-0.05, 0) is 43.9 Å². The maximum absolute atomic E-state index is 14.3. The van der Waals surface area contributed by atoms with Gasteiger partial charge in [0.2, 0.25) is 5.88 Å². The van der Waals surface area contributed by atoms with Crippen LogP contribution in [-0.4, -0.2) is 35.0 Å². The van der Waals surface area contributed by atoms with E-state index < -0.39 is 0 Å². The number of halogens is 1. The lowest BCUT2D eigenvalue weighted by molar-refractivity contribution is 0.198. The standard InChI is InChI=1S/C19H18FN7O/c1-11(17-21-10-22-24-17)28-19-14(12-5-4-6-12)9-16-23-25-18(27(16)26-19)13-7-2-3-8-15(13)20/h2-3,7-12H,4-6H2,1H3,(H,21,22,24). The summed E-state index contributed by atoms with van der Waals surface area (Å²) in [6, 6.07) is 8.38. The van der Waals surface area contributed by atoms with Gasteiger partial charge < -0.3 is 4.74 Å². The molecule has 142 valence electrons. The van der Waals surface area contributed by atoms with Crippen LogP contribution in [0, 0.1) is 5.82 Å². The molecule has 1 aromatic carbocycles. The summed E-state index contributed by atoms with van der Waals surface area (Å²) in [6.45, 7) is 1.88. The lowest BCUT2D eigenvalue weighted by Crippen LogP contribution is -2.15. The predicted molar refractivity (Wildman–Crippen MR) is 98.2 cm³/mol. The van der Waals surface area contributed by atoms with E-state index in [4.69, 9.17) is 4.74 Å². The highest BCUT2D eigenvalue weighted by Crippen LogP contribution is 2.41. The molecule has 8 nitrogen and oxygen atoms in total. The van der Waals surface area contributed by atoms with Crippen molar-refractivity contribution in [3.8, 4) is 17.3 Å². The molecule has 1 fully saturated rings. The molecule has 1 N–H and O–H groups in total. The molecule has 4 aromatic rings. The smallest absolute Gasteiger partial charge is 0.236 e. The second-order valence-corrected chi connectivity index (χ2v) is 6.94. The molecular formula is C19H18FN7O. The maximum Gasteiger partial charge on any atom is 0.236 e. The minimum Gasteiger partial charge on any atom is -0.465 e. The highest BCUT2D eigenvalue weighted by Gasteiger charge is 2.27. The number of H-pyrrole nitrogens is 1. The van der Waals surface area contributed by atoms with Crippen LogP contribution in [0.4, 0.5) is 4.39 Å². The number of rotatable bonds is 5. The Morgan fingerprint density at radius 2 is 2.11 bits per heavy atom. The van der Waals surface area contributed by atoms with Gasteiger partial charge in [-0.25, -0.2) is 9.37 Å². The number of ether oxygens (including phenoxy) is 1. The van der Waals surface area contributed by atoms with E-state index in [9.17, 15) is 4.39 Å². The van der Waals surface area contributed by atoms with Crippen LogP contribution in [0.5, 0.6) is 5.88 Å². The van der Waals surface area contributed by atoms with Gasteiger partial charge in [-0.2, -0.15) is 9.61 Å². The third kappa shape index (κ3) is 2.79. The average Bonchev–Trinajstić information content (AvgIpc) is 3.31. The number of hydrogen-bond donors (Lipinski definition) is 1. The summed E-state index contributed by atoms with van der Waals surface area (Å²) in [5.74, 6) is 1.44. The molecular weight excluding hydrogens is 361 g/mol. The molecule has 1 aliphatic carbocycles. The average molecular weight is 379 g/mol. The predicted octanol–water partition coefficient (Wildman–Crippen LogP) is 3.46. The van der Waals surface area contributed by atoms with E-state index in [1.165, 1.54) is 23.3 Å². The largest absolute Gasteiger partial charge is 0.465 e. The second-order valence-electron chi connectivity index (χ2n) is 6.94. The van der Waals surface area contributed by atoms with E-state index in [0.29, 0.717) is 34.7 Å². The molecule has 1 unspecified atom stereocenters. The molecule has 3 heterocycles. The van der Waals surface area contributed by atoms with Gasteiger partial charge in [0.25, 0.3) is 0 Å². The van der Waals surface area contributed by atoms with Crippen LogP contribution in [0.25, 0.3) is 17.0 Å². The van der Waals surface area contributed by atoms with E-state index >= 15 is 0 Å². The Morgan fingerprint density at radius 3 is 2.82 bits per heavy atom. The van der Waals surface area contributed by atoms with E-state index in [1.807, 2.05) is 13.0 Å². The van der Waals surface area contributed by atoms with Crippen molar-refractivity contribution in [1.82, 2.24) is 35.0 Å². The Kier molecular flexibility index (Phi) is 4.00. The summed E-state index contributed by atoms with van der Waals surface area (Å²) < 4.78 is 22.0. The molecule has 1 aliphatic rings. The molecule has 1 atom stereocenters. The fourth-order valence-electron chi connectivity index (χ4n) is 3.38. The lowest BCUT2D eigenvalue weighted by Gasteiger charge is -2.27. The van der Waals surface area contributed by atoms with Crippen LogP contribution in [-0.2, 0) is 0 Å².